The van der Waals surface area contributed by atoms with Gasteiger partial charge in [-0.3, -0.25) is 4.79 Å². The van der Waals surface area contributed by atoms with Crippen LogP contribution in [-0.4, -0.2) is 35.2 Å². The van der Waals surface area contributed by atoms with Crippen molar-refractivity contribution in [3.8, 4) is 0 Å². The number of aromatic carboxylic acids is 1. The Balaban J connectivity index is 1.53. The first kappa shape index (κ1) is 14.1. The first-order valence-electron chi connectivity index (χ1n) is 7.39. The number of carboxylic acids is 1. The Morgan fingerprint density at radius 3 is 2.76 bits per heavy atom. The number of benzene rings is 1. The van der Waals surface area contributed by atoms with E-state index >= 15 is 0 Å². The number of carbonyl (C=O) groups excluding carboxylic acids is 1. The van der Waals surface area contributed by atoms with Gasteiger partial charge in [0.15, 0.2) is 0 Å². The molecule has 2 heterocycles. The van der Waals surface area contributed by atoms with Crippen molar-refractivity contribution >= 4 is 11.9 Å². The summed E-state index contributed by atoms with van der Waals surface area (Å²) in [5.41, 5.74) is 0.970. The number of amides is 1. The Morgan fingerprint density at radius 1 is 1.29 bits per heavy atom. The van der Waals surface area contributed by atoms with Crippen molar-refractivity contribution in [2.75, 3.05) is 0 Å². The Hall–Kier alpha value is -1.88. The average Bonchev–Trinajstić information content (AvgIpc) is 3.08. The predicted octanol–water partition coefficient (Wildman–Crippen LogP) is 1.75. The van der Waals surface area contributed by atoms with Gasteiger partial charge < -0.3 is 15.2 Å². The summed E-state index contributed by atoms with van der Waals surface area (Å²) in [6, 6.07) is 6.95. The van der Waals surface area contributed by atoms with Gasteiger partial charge in [-0.2, -0.15) is 0 Å². The maximum Gasteiger partial charge on any atom is 0.335 e. The van der Waals surface area contributed by atoms with Crippen LogP contribution in [0.3, 0.4) is 0 Å². The second-order valence-electron chi connectivity index (χ2n) is 5.75. The predicted molar refractivity (Wildman–Crippen MR) is 76.2 cm³/mol. The standard InChI is InChI=1S/C16H19NO4/c18-15(17-13-9-11-6-7-14(13)21-11)8-5-10-3-1-2-4-12(10)16(19)20/h1-4,11,13-14H,5-9H2,(H,17,18)(H,19,20). The fraction of sp³-hybridized carbons (Fsp3) is 0.500. The minimum absolute atomic E-state index is 0.0312. The van der Waals surface area contributed by atoms with E-state index in [1.807, 2.05) is 0 Å². The summed E-state index contributed by atoms with van der Waals surface area (Å²) in [4.78, 5) is 23.1. The van der Waals surface area contributed by atoms with Gasteiger partial charge in [0, 0.05) is 6.42 Å². The molecule has 21 heavy (non-hydrogen) atoms. The average molecular weight is 289 g/mol. The molecule has 112 valence electrons. The Kier molecular flexibility index (Phi) is 3.92. The van der Waals surface area contributed by atoms with E-state index in [2.05, 4.69) is 5.32 Å². The molecule has 3 rings (SSSR count). The molecule has 3 atom stereocenters. The third-order valence-electron chi connectivity index (χ3n) is 4.32. The van der Waals surface area contributed by atoms with Crippen LogP contribution in [0.2, 0.25) is 0 Å². The van der Waals surface area contributed by atoms with E-state index in [0.717, 1.165) is 19.3 Å². The molecule has 3 unspecified atom stereocenters. The van der Waals surface area contributed by atoms with Gasteiger partial charge in [-0.1, -0.05) is 18.2 Å². The van der Waals surface area contributed by atoms with Crippen LogP contribution in [0.15, 0.2) is 24.3 Å². The van der Waals surface area contributed by atoms with Crippen molar-refractivity contribution < 1.29 is 19.4 Å². The van der Waals surface area contributed by atoms with E-state index in [1.165, 1.54) is 0 Å². The van der Waals surface area contributed by atoms with Crippen molar-refractivity contribution in [2.24, 2.45) is 0 Å². The molecule has 2 aliphatic rings. The lowest BCUT2D eigenvalue weighted by Gasteiger charge is -2.20. The lowest BCUT2D eigenvalue weighted by Crippen LogP contribution is -2.41. The quantitative estimate of drug-likeness (QED) is 0.866. The molecule has 5 nitrogen and oxygen atoms in total. The molecule has 2 N–H and O–H groups in total. The van der Waals surface area contributed by atoms with E-state index in [-0.39, 0.29) is 23.6 Å². The number of fused-ring (bicyclic) bond motifs is 2. The number of aryl methyl sites for hydroxylation is 1. The Bertz CT molecular complexity index is 557. The van der Waals surface area contributed by atoms with Crippen molar-refractivity contribution in [3.63, 3.8) is 0 Å². The first-order valence-corrected chi connectivity index (χ1v) is 7.39. The fourth-order valence-electron chi connectivity index (χ4n) is 3.26. The minimum atomic E-state index is -0.951. The lowest BCUT2D eigenvalue weighted by atomic mass is 9.95. The summed E-state index contributed by atoms with van der Waals surface area (Å²) in [6.07, 6.45) is 4.26. The highest BCUT2D eigenvalue weighted by molar-refractivity contribution is 5.89. The van der Waals surface area contributed by atoms with Gasteiger partial charge in [-0.05, 0) is 37.3 Å². The molecule has 2 aliphatic heterocycles. The maximum absolute atomic E-state index is 12.0. The Morgan fingerprint density at radius 2 is 2.10 bits per heavy atom. The van der Waals surface area contributed by atoms with Crippen LogP contribution in [0.25, 0.3) is 0 Å². The second-order valence-corrected chi connectivity index (χ2v) is 5.75. The summed E-state index contributed by atoms with van der Waals surface area (Å²) in [5, 5.41) is 12.1. The molecule has 2 bridgehead atoms. The van der Waals surface area contributed by atoms with Crippen molar-refractivity contribution in [1.82, 2.24) is 5.32 Å². The number of carbonyl (C=O) groups is 2. The molecule has 2 fully saturated rings. The normalized spacial score (nSPS) is 26.8. The maximum atomic E-state index is 12.0. The van der Waals surface area contributed by atoms with Crippen LogP contribution in [0.5, 0.6) is 0 Å². The number of hydrogen-bond acceptors (Lipinski definition) is 3. The lowest BCUT2D eigenvalue weighted by molar-refractivity contribution is -0.122. The van der Waals surface area contributed by atoms with Crippen LogP contribution >= 0.6 is 0 Å². The zero-order chi connectivity index (χ0) is 14.8. The topological polar surface area (TPSA) is 75.6 Å². The van der Waals surface area contributed by atoms with Gasteiger partial charge >= 0.3 is 5.97 Å². The minimum Gasteiger partial charge on any atom is -0.478 e. The fourth-order valence-corrected chi connectivity index (χ4v) is 3.26. The summed E-state index contributed by atoms with van der Waals surface area (Å²) >= 11 is 0. The molecule has 0 aromatic heterocycles. The highest BCUT2D eigenvalue weighted by Crippen LogP contribution is 2.34. The highest BCUT2D eigenvalue weighted by atomic mass is 16.5. The number of carboxylic acid groups (broad SMARTS) is 1. The van der Waals surface area contributed by atoms with Gasteiger partial charge in [0.05, 0.1) is 23.8 Å². The van der Waals surface area contributed by atoms with Crippen molar-refractivity contribution in [1.29, 1.82) is 0 Å². The Labute approximate surface area is 123 Å². The van der Waals surface area contributed by atoms with E-state index in [9.17, 15) is 9.59 Å². The molecule has 2 saturated heterocycles. The van der Waals surface area contributed by atoms with Crippen LogP contribution < -0.4 is 5.32 Å². The van der Waals surface area contributed by atoms with Crippen LogP contribution in [0, 0.1) is 0 Å². The molecular weight excluding hydrogens is 270 g/mol. The van der Waals surface area contributed by atoms with E-state index in [0.29, 0.717) is 24.5 Å². The number of rotatable bonds is 5. The zero-order valence-electron chi connectivity index (χ0n) is 11.7. The SMILES string of the molecule is O=C(CCc1ccccc1C(=O)O)NC1CC2CCC1O2. The molecule has 0 saturated carbocycles. The second kappa shape index (κ2) is 5.85. The highest BCUT2D eigenvalue weighted by Gasteiger charge is 2.41. The summed E-state index contributed by atoms with van der Waals surface area (Å²) < 4.78 is 5.71. The van der Waals surface area contributed by atoms with E-state index < -0.39 is 5.97 Å². The number of ether oxygens (including phenoxy) is 1. The molecule has 0 spiro atoms. The van der Waals surface area contributed by atoms with Crippen LogP contribution in [0.4, 0.5) is 0 Å². The largest absolute Gasteiger partial charge is 0.478 e. The monoisotopic (exact) mass is 289 g/mol. The first-order chi connectivity index (χ1) is 10.1. The van der Waals surface area contributed by atoms with Gasteiger partial charge in [-0.25, -0.2) is 4.79 Å². The molecule has 0 aliphatic carbocycles. The number of hydrogen-bond donors (Lipinski definition) is 2. The smallest absolute Gasteiger partial charge is 0.335 e. The number of nitrogens with one attached hydrogen (secondary N) is 1. The zero-order valence-corrected chi connectivity index (χ0v) is 11.7. The molecule has 1 aromatic carbocycles. The van der Waals surface area contributed by atoms with E-state index in [1.54, 1.807) is 24.3 Å². The third-order valence-corrected chi connectivity index (χ3v) is 4.32. The molecule has 1 amide bonds. The molecule has 5 heteroatoms. The summed E-state index contributed by atoms with van der Waals surface area (Å²) in [5.74, 6) is -0.983. The third kappa shape index (κ3) is 3.08. The van der Waals surface area contributed by atoms with Crippen molar-refractivity contribution in [3.05, 3.63) is 35.4 Å². The summed E-state index contributed by atoms with van der Waals surface area (Å²) in [7, 11) is 0. The van der Waals surface area contributed by atoms with Crippen molar-refractivity contribution in [2.45, 2.75) is 50.4 Å². The van der Waals surface area contributed by atoms with Gasteiger partial charge in [0.1, 0.15) is 0 Å². The van der Waals surface area contributed by atoms with Gasteiger partial charge in [-0.15, -0.1) is 0 Å². The molecule has 0 radical (unpaired) electrons. The van der Waals surface area contributed by atoms with Crippen LogP contribution in [-0.2, 0) is 16.0 Å². The van der Waals surface area contributed by atoms with E-state index in [4.69, 9.17) is 9.84 Å². The van der Waals surface area contributed by atoms with Gasteiger partial charge in [0.2, 0.25) is 5.91 Å². The van der Waals surface area contributed by atoms with Gasteiger partial charge in [0.25, 0.3) is 0 Å². The molecule has 1 aromatic rings. The molecular formula is C16H19NO4. The summed E-state index contributed by atoms with van der Waals surface area (Å²) in [6.45, 7) is 0. The van der Waals surface area contributed by atoms with Crippen LogP contribution in [0.1, 0.15) is 41.6 Å².